The van der Waals surface area contributed by atoms with Crippen LogP contribution < -0.4 is 0 Å². The van der Waals surface area contributed by atoms with Crippen molar-refractivity contribution in [2.75, 3.05) is 0 Å². The third kappa shape index (κ3) is 3.22. The summed E-state index contributed by atoms with van der Waals surface area (Å²) in [5.41, 5.74) is -0.852. The monoisotopic (exact) mass is 170 g/mol. The third-order valence-electron chi connectivity index (χ3n) is 0.955. The maximum atomic E-state index is 11.7. The predicted molar refractivity (Wildman–Crippen MR) is 35.0 cm³/mol. The average Bonchev–Trinajstić information content (AvgIpc) is 1.88. The van der Waals surface area contributed by atoms with Crippen LogP contribution in [-0.4, -0.2) is 34.5 Å². The smallest absolute Gasteiger partial charge is 0.252 e. The molecule has 0 fully saturated rings. The minimum absolute atomic E-state index is 0. The van der Waals surface area contributed by atoms with Crippen molar-refractivity contribution in [3.8, 4) is 0 Å². The Labute approximate surface area is 83.9 Å². The molecule has 1 radical (unpaired) electrons. The molecule has 0 saturated heterocycles. The van der Waals surface area contributed by atoms with E-state index in [1.165, 1.54) is 12.1 Å². The van der Waals surface area contributed by atoms with Crippen molar-refractivity contribution in [3.63, 3.8) is 0 Å². The van der Waals surface area contributed by atoms with E-state index >= 15 is 0 Å². The van der Waals surface area contributed by atoms with Gasteiger partial charge in [0, 0.05) is 35.8 Å². The molecule has 1 aromatic heterocycles. The molecule has 1 heterocycles. The van der Waals surface area contributed by atoms with Crippen molar-refractivity contribution in [2.45, 2.75) is 6.18 Å². The Kier molecular flexibility index (Phi) is 4.07. The van der Waals surface area contributed by atoms with Gasteiger partial charge in [0.1, 0.15) is 5.69 Å². The van der Waals surface area contributed by atoms with Gasteiger partial charge in [0.25, 0.3) is 0 Å². The molecule has 5 heteroatoms. The summed E-state index contributed by atoms with van der Waals surface area (Å²) in [6.07, 6.45) is -3.20. The van der Waals surface area contributed by atoms with E-state index in [4.69, 9.17) is 0 Å². The molecule has 1 nitrogen and oxygen atoms in total. The molecule has 0 N–H and O–H groups in total. The van der Waals surface area contributed by atoms with Crippen LogP contribution in [-0.2, 0) is 6.18 Å². The van der Waals surface area contributed by atoms with E-state index in [2.05, 4.69) is 4.98 Å². The van der Waals surface area contributed by atoms with Crippen LogP contribution in [0.2, 0.25) is 0 Å². The Morgan fingerprint density at radius 2 is 1.82 bits per heavy atom. The molecule has 0 amide bonds. The number of alkyl halides is 3. The second-order valence-electron chi connectivity index (χ2n) is 1.71. The first kappa shape index (κ1) is 10.9. The summed E-state index contributed by atoms with van der Waals surface area (Å²) in [6.45, 7) is 0. The van der Waals surface area contributed by atoms with Crippen molar-refractivity contribution in [2.24, 2.45) is 0 Å². The molecule has 0 aliphatic carbocycles. The van der Waals surface area contributed by atoms with Gasteiger partial charge >= 0.3 is 6.18 Å². The topological polar surface area (TPSA) is 12.9 Å². The Hall–Kier alpha value is -0.0600. The summed E-state index contributed by atoms with van der Waals surface area (Å²) in [5.74, 6) is 0. The molecule has 0 saturated carbocycles. The largest absolute Gasteiger partial charge is 0.433 e. The second-order valence-corrected chi connectivity index (χ2v) is 1.71. The molecule has 0 bridgehead atoms. The summed E-state index contributed by atoms with van der Waals surface area (Å²) in [6, 6.07) is 3.67. The van der Waals surface area contributed by atoms with E-state index in [0.717, 1.165) is 12.3 Å². The maximum absolute atomic E-state index is 11.7. The molecule has 0 spiro atoms. The fraction of sp³-hybridized carbons (Fsp3) is 0.167. The van der Waals surface area contributed by atoms with Gasteiger partial charge in [-0.25, -0.2) is 0 Å². The number of hydrogen-bond acceptors (Lipinski definition) is 1. The van der Waals surface area contributed by atoms with E-state index < -0.39 is 11.9 Å². The summed E-state index contributed by atoms with van der Waals surface area (Å²) >= 11 is 0. The van der Waals surface area contributed by atoms with Crippen molar-refractivity contribution < 1.29 is 13.2 Å². The fourth-order valence-electron chi connectivity index (χ4n) is 0.530. The van der Waals surface area contributed by atoms with Crippen LogP contribution in [0.3, 0.4) is 0 Å². The van der Waals surface area contributed by atoms with Crippen LogP contribution in [0, 0.1) is 0 Å². The van der Waals surface area contributed by atoms with Gasteiger partial charge < -0.3 is 0 Å². The van der Waals surface area contributed by atoms with Crippen LogP contribution in [0.5, 0.6) is 0 Å². The number of halogens is 3. The average molecular weight is 170 g/mol. The Bertz CT molecular complexity index is 209. The molecule has 0 aromatic carbocycles. The van der Waals surface area contributed by atoms with Crippen LogP contribution >= 0.6 is 0 Å². The van der Waals surface area contributed by atoms with Crippen molar-refractivity contribution >= 4 is 29.6 Å². The molecule has 0 aliphatic heterocycles. The Morgan fingerprint density at radius 3 is 2.09 bits per heavy atom. The van der Waals surface area contributed by atoms with Crippen molar-refractivity contribution in [1.29, 1.82) is 0 Å². The van der Waals surface area contributed by atoms with E-state index in [1.807, 2.05) is 0 Å². The summed E-state index contributed by atoms with van der Waals surface area (Å²) < 4.78 is 35.2. The second kappa shape index (κ2) is 4.09. The van der Waals surface area contributed by atoms with Gasteiger partial charge in [0.15, 0.2) is 0 Å². The summed E-state index contributed by atoms with van der Waals surface area (Å²) in [5, 5.41) is 0. The van der Waals surface area contributed by atoms with Crippen LogP contribution in [0.1, 0.15) is 5.69 Å². The molecule has 0 aliphatic rings. The van der Waals surface area contributed by atoms with Crippen LogP contribution in [0.25, 0.3) is 0 Å². The first-order chi connectivity index (χ1) is 4.61. The zero-order chi connectivity index (χ0) is 7.61. The van der Waals surface area contributed by atoms with Gasteiger partial charge in [0.05, 0.1) is 0 Å². The summed E-state index contributed by atoms with van der Waals surface area (Å²) in [4.78, 5) is 3.12. The zero-order valence-electron chi connectivity index (χ0n) is 5.89. The van der Waals surface area contributed by atoms with Gasteiger partial charge in [-0.2, -0.15) is 13.2 Å². The van der Waals surface area contributed by atoms with Gasteiger partial charge in [-0.1, -0.05) is 6.07 Å². The quantitative estimate of drug-likeness (QED) is 0.540. The molecular formula is C6H4F3NNa. The number of pyridine rings is 1. The van der Waals surface area contributed by atoms with E-state index in [0.29, 0.717) is 0 Å². The number of nitrogens with zero attached hydrogens (tertiary/aromatic N) is 1. The van der Waals surface area contributed by atoms with Crippen molar-refractivity contribution in [1.82, 2.24) is 4.98 Å². The van der Waals surface area contributed by atoms with Crippen molar-refractivity contribution in [3.05, 3.63) is 30.1 Å². The SMILES string of the molecule is FC(F)(F)c1ccccn1.[Na]. The molecule has 1 rings (SSSR count). The fourth-order valence-corrected chi connectivity index (χ4v) is 0.530. The Balaban J connectivity index is 0.000001000. The minimum Gasteiger partial charge on any atom is -0.252 e. The van der Waals surface area contributed by atoms with E-state index in [1.54, 1.807) is 0 Å². The van der Waals surface area contributed by atoms with Gasteiger partial charge in [0.2, 0.25) is 0 Å². The number of aromatic nitrogens is 1. The maximum Gasteiger partial charge on any atom is 0.433 e. The Morgan fingerprint density at radius 1 is 1.18 bits per heavy atom. The normalized spacial score (nSPS) is 10.5. The minimum atomic E-state index is -4.32. The van der Waals surface area contributed by atoms with Gasteiger partial charge in [-0.15, -0.1) is 0 Å². The molecular weight excluding hydrogens is 166 g/mol. The summed E-state index contributed by atoms with van der Waals surface area (Å²) in [7, 11) is 0. The molecule has 0 unspecified atom stereocenters. The zero-order valence-corrected chi connectivity index (χ0v) is 7.89. The van der Waals surface area contributed by atoms with Gasteiger partial charge in [-0.05, 0) is 12.1 Å². The van der Waals surface area contributed by atoms with E-state index in [-0.39, 0.29) is 29.6 Å². The third-order valence-corrected chi connectivity index (χ3v) is 0.955. The molecule has 0 atom stereocenters. The molecule has 55 valence electrons. The number of hydrogen-bond donors (Lipinski definition) is 0. The first-order valence-electron chi connectivity index (χ1n) is 2.59. The number of rotatable bonds is 0. The van der Waals surface area contributed by atoms with Crippen LogP contribution in [0.15, 0.2) is 24.4 Å². The van der Waals surface area contributed by atoms with E-state index in [9.17, 15) is 13.2 Å². The predicted octanol–water partition coefficient (Wildman–Crippen LogP) is 1.72. The van der Waals surface area contributed by atoms with Crippen LogP contribution in [0.4, 0.5) is 13.2 Å². The molecule has 1 aromatic rings. The van der Waals surface area contributed by atoms with Gasteiger partial charge in [-0.3, -0.25) is 4.98 Å². The first-order valence-corrected chi connectivity index (χ1v) is 2.59. The standard InChI is InChI=1S/C6H4F3N.Na/c7-6(8,9)5-3-1-2-4-10-5;/h1-4H;. The molecule has 11 heavy (non-hydrogen) atoms.